The van der Waals surface area contributed by atoms with Gasteiger partial charge in [0.05, 0.1) is 12.8 Å². The Morgan fingerprint density at radius 1 is 1.17 bits per heavy atom. The summed E-state index contributed by atoms with van der Waals surface area (Å²) >= 11 is 0. The number of pyridine rings is 1. The average Bonchev–Trinajstić information content (AvgIpc) is 2.41. The van der Waals surface area contributed by atoms with Crippen LogP contribution in [-0.2, 0) is 6.42 Å². The van der Waals surface area contributed by atoms with Crippen molar-refractivity contribution in [3.8, 4) is 5.88 Å². The molecule has 2 aromatic rings. The number of benzene rings is 1. The van der Waals surface area contributed by atoms with Crippen LogP contribution < -0.4 is 4.74 Å². The van der Waals surface area contributed by atoms with Gasteiger partial charge in [-0.15, -0.1) is 0 Å². The molecule has 1 N–H and O–H groups in total. The molecule has 1 unspecified atom stereocenters. The summed E-state index contributed by atoms with van der Waals surface area (Å²) in [6.45, 7) is 2.04. The van der Waals surface area contributed by atoms with Crippen molar-refractivity contribution in [2.75, 3.05) is 7.11 Å². The lowest BCUT2D eigenvalue weighted by Gasteiger charge is -2.12. The summed E-state index contributed by atoms with van der Waals surface area (Å²) in [6, 6.07) is 13.5. The summed E-state index contributed by atoms with van der Waals surface area (Å²) in [7, 11) is 1.57. The zero-order valence-corrected chi connectivity index (χ0v) is 10.6. The molecule has 0 aliphatic heterocycles. The van der Waals surface area contributed by atoms with Gasteiger partial charge >= 0.3 is 0 Å². The third-order valence-electron chi connectivity index (χ3n) is 2.97. The summed E-state index contributed by atoms with van der Waals surface area (Å²) < 4.78 is 5.06. The van der Waals surface area contributed by atoms with E-state index in [1.165, 1.54) is 5.56 Å². The molecule has 0 aliphatic carbocycles. The molecule has 2 rings (SSSR count). The molecule has 0 saturated carbocycles. The molecule has 1 heterocycles. The summed E-state index contributed by atoms with van der Waals surface area (Å²) in [5, 5.41) is 10.2. The van der Waals surface area contributed by atoms with Gasteiger partial charge in [0.15, 0.2) is 0 Å². The maximum atomic E-state index is 10.2. The monoisotopic (exact) mass is 243 g/mol. The van der Waals surface area contributed by atoms with Crippen molar-refractivity contribution >= 4 is 0 Å². The number of rotatable bonds is 4. The van der Waals surface area contributed by atoms with Crippen LogP contribution in [0.15, 0.2) is 42.5 Å². The lowest BCUT2D eigenvalue weighted by atomic mass is 10.0. The third-order valence-corrected chi connectivity index (χ3v) is 2.97. The third kappa shape index (κ3) is 2.87. The molecule has 3 nitrogen and oxygen atoms in total. The number of aliphatic hydroxyl groups excluding tert-OH is 1. The molecule has 94 valence electrons. The van der Waals surface area contributed by atoms with E-state index in [2.05, 4.69) is 4.98 Å². The first kappa shape index (κ1) is 12.6. The highest BCUT2D eigenvalue weighted by Crippen LogP contribution is 2.20. The Kier molecular flexibility index (Phi) is 3.95. The van der Waals surface area contributed by atoms with E-state index in [-0.39, 0.29) is 0 Å². The Balaban J connectivity index is 2.16. The van der Waals surface area contributed by atoms with Crippen LogP contribution in [0.1, 0.15) is 22.9 Å². The zero-order chi connectivity index (χ0) is 13.0. The van der Waals surface area contributed by atoms with Gasteiger partial charge in [-0.1, -0.05) is 30.3 Å². The Morgan fingerprint density at radius 2 is 1.94 bits per heavy atom. The molecule has 0 aliphatic rings. The normalized spacial score (nSPS) is 12.2. The molecule has 1 atom stereocenters. The molecular formula is C15H17NO2. The van der Waals surface area contributed by atoms with Gasteiger partial charge in [0.2, 0.25) is 5.88 Å². The van der Waals surface area contributed by atoms with Gasteiger partial charge in [0.25, 0.3) is 0 Å². The van der Waals surface area contributed by atoms with E-state index in [1.54, 1.807) is 13.2 Å². The number of hydrogen-bond donors (Lipinski definition) is 1. The SMILES string of the molecule is COc1cccc(C(O)Cc2ccccc2C)n1. The van der Waals surface area contributed by atoms with Gasteiger partial charge < -0.3 is 9.84 Å². The first-order valence-corrected chi connectivity index (χ1v) is 5.94. The van der Waals surface area contributed by atoms with Gasteiger partial charge in [-0.05, 0) is 24.1 Å². The second-order valence-corrected chi connectivity index (χ2v) is 4.25. The Labute approximate surface area is 107 Å². The van der Waals surface area contributed by atoms with Crippen LogP contribution in [0.5, 0.6) is 5.88 Å². The van der Waals surface area contributed by atoms with E-state index < -0.39 is 6.10 Å². The van der Waals surface area contributed by atoms with Crippen molar-refractivity contribution in [1.82, 2.24) is 4.98 Å². The topological polar surface area (TPSA) is 42.4 Å². The molecule has 0 saturated heterocycles. The molecule has 1 aromatic heterocycles. The van der Waals surface area contributed by atoms with E-state index in [1.807, 2.05) is 43.3 Å². The maximum Gasteiger partial charge on any atom is 0.213 e. The predicted molar refractivity (Wildman–Crippen MR) is 70.6 cm³/mol. The van der Waals surface area contributed by atoms with Crippen molar-refractivity contribution in [3.05, 3.63) is 59.3 Å². The Bertz CT molecular complexity index is 525. The quantitative estimate of drug-likeness (QED) is 0.897. The highest BCUT2D eigenvalue weighted by atomic mass is 16.5. The highest BCUT2D eigenvalue weighted by Gasteiger charge is 2.12. The summed E-state index contributed by atoms with van der Waals surface area (Å²) in [6.07, 6.45) is -0.0477. The van der Waals surface area contributed by atoms with E-state index >= 15 is 0 Å². The first-order valence-electron chi connectivity index (χ1n) is 5.94. The van der Waals surface area contributed by atoms with Gasteiger partial charge in [-0.2, -0.15) is 0 Å². The fraction of sp³-hybridized carbons (Fsp3) is 0.267. The van der Waals surface area contributed by atoms with Gasteiger partial charge in [0, 0.05) is 12.5 Å². The molecular weight excluding hydrogens is 226 g/mol. The standard InChI is InChI=1S/C15H17NO2/c1-11-6-3-4-7-12(11)10-14(17)13-8-5-9-15(16-13)18-2/h3-9,14,17H,10H2,1-2H3. The Hall–Kier alpha value is -1.87. The van der Waals surface area contributed by atoms with Crippen LogP contribution in [0.2, 0.25) is 0 Å². The van der Waals surface area contributed by atoms with Crippen LogP contribution in [0.25, 0.3) is 0 Å². The summed E-state index contributed by atoms with van der Waals surface area (Å²) in [4.78, 5) is 4.24. The fourth-order valence-corrected chi connectivity index (χ4v) is 1.88. The van der Waals surface area contributed by atoms with Crippen molar-refractivity contribution in [2.45, 2.75) is 19.4 Å². The van der Waals surface area contributed by atoms with Crippen molar-refractivity contribution < 1.29 is 9.84 Å². The van der Waals surface area contributed by atoms with E-state index in [9.17, 15) is 5.11 Å². The van der Waals surface area contributed by atoms with Crippen molar-refractivity contribution in [3.63, 3.8) is 0 Å². The number of hydrogen-bond acceptors (Lipinski definition) is 3. The average molecular weight is 243 g/mol. The molecule has 0 spiro atoms. The van der Waals surface area contributed by atoms with E-state index in [4.69, 9.17) is 4.74 Å². The molecule has 0 amide bonds. The number of nitrogens with zero attached hydrogens (tertiary/aromatic N) is 1. The number of aliphatic hydroxyl groups is 1. The number of aromatic nitrogens is 1. The second kappa shape index (κ2) is 5.65. The van der Waals surface area contributed by atoms with Crippen LogP contribution in [0.4, 0.5) is 0 Å². The van der Waals surface area contributed by atoms with Gasteiger partial charge in [0.1, 0.15) is 6.10 Å². The van der Waals surface area contributed by atoms with Gasteiger partial charge in [-0.25, -0.2) is 4.98 Å². The fourth-order valence-electron chi connectivity index (χ4n) is 1.88. The molecule has 1 aromatic carbocycles. The zero-order valence-electron chi connectivity index (χ0n) is 10.6. The highest BCUT2D eigenvalue weighted by molar-refractivity contribution is 5.27. The van der Waals surface area contributed by atoms with Crippen LogP contribution in [-0.4, -0.2) is 17.2 Å². The smallest absolute Gasteiger partial charge is 0.213 e. The van der Waals surface area contributed by atoms with Crippen LogP contribution in [0.3, 0.4) is 0 Å². The number of methoxy groups -OCH3 is 1. The number of ether oxygens (including phenoxy) is 1. The summed E-state index contributed by atoms with van der Waals surface area (Å²) in [5.41, 5.74) is 2.95. The van der Waals surface area contributed by atoms with E-state index in [0.29, 0.717) is 18.0 Å². The largest absolute Gasteiger partial charge is 0.481 e. The number of aryl methyl sites for hydroxylation is 1. The Morgan fingerprint density at radius 3 is 2.67 bits per heavy atom. The van der Waals surface area contributed by atoms with Crippen molar-refractivity contribution in [1.29, 1.82) is 0 Å². The molecule has 18 heavy (non-hydrogen) atoms. The molecule has 0 fully saturated rings. The minimum atomic E-state index is -0.610. The minimum Gasteiger partial charge on any atom is -0.481 e. The second-order valence-electron chi connectivity index (χ2n) is 4.25. The predicted octanol–water partition coefficient (Wildman–Crippen LogP) is 2.67. The van der Waals surface area contributed by atoms with Crippen molar-refractivity contribution in [2.24, 2.45) is 0 Å². The maximum absolute atomic E-state index is 10.2. The molecule has 0 bridgehead atoms. The first-order chi connectivity index (χ1) is 8.70. The van der Waals surface area contributed by atoms with Gasteiger partial charge in [-0.3, -0.25) is 0 Å². The summed E-state index contributed by atoms with van der Waals surface area (Å²) in [5.74, 6) is 0.524. The lowest BCUT2D eigenvalue weighted by Crippen LogP contribution is -2.05. The molecule has 0 radical (unpaired) electrons. The van der Waals surface area contributed by atoms with Crippen LogP contribution >= 0.6 is 0 Å². The minimum absolute atomic E-state index is 0.524. The lowest BCUT2D eigenvalue weighted by molar-refractivity contribution is 0.172. The van der Waals surface area contributed by atoms with Crippen LogP contribution in [0, 0.1) is 6.92 Å². The van der Waals surface area contributed by atoms with E-state index in [0.717, 1.165) is 5.56 Å². The molecule has 3 heteroatoms.